The van der Waals surface area contributed by atoms with Crippen LogP contribution in [0.5, 0.6) is 0 Å². The van der Waals surface area contributed by atoms with Crippen molar-refractivity contribution in [2.45, 2.75) is 19.9 Å². The number of amides is 2. The lowest BCUT2D eigenvalue weighted by atomic mass is 10.2. The normalized spacial score (nSPS) is 10.5. The number of hydrogen-bond acceptors (Lipinski definition) is 3. The number of rotatable bonds is 4. The number of anilines is 1. The van der Waals surface area contributed by atoms with Gasteiger partial charge in [0.2, 0.25) is 0 Å². The van der Waals surface area contributed by atoms with Gasteiger partial charge in [0.05, 0.1) is 5.69 Å². The third-order valence-corrected chi connectivity index (χ3v) is 2.81. The smallest absolute Gasteiger partial charge is 0.274 e. The summed E-state index contributed by atoms with van der Waals surface area (Å²) in [4.78, 5) is 27.9. The summed E-state index contributed by atoms with van der Waals surface area (Å²) >= 11 is 0. The standard InChI is InChI=1S/C16H15F2N3O2/c1-9(2)19-15(22)13-4-3-5-14(20-13)16(23)21-12-7-6-10(17)8-11(12)18/h3-9H,1-2H3,(H,19,22)(H,21,23). The van der Waals surface area contributed by atoms with E-state index in [0.717, 1.165) is 12.1 Å². The summed E-state index contributed by atoms with van der Waals surface area (Å²) in [6.45, 7) is 3.59. The maximum atomic E-state index is 13.5. The highest BCUT2D eigenvalue weighted by Crippen LogP contribution is 2.15. The minimum absolute atomic E-state index is 0.0508. The molecule has 120 valence electrons. The lowest BCUT2D eigenvalue weighted by molar-refractivity contribution is 0.0938. The van der Waals surface area contributed by atoms with Gasteiger partial charge in [0, 0.05) is 12.1 Å². The first-order chi connectivity index (χ1) is 10.9. The number of benzene rings is 1. The summed E-state index contributed by atoms with van der Waals surface area (Å²) < 4.78 is 26.4. The predicted molar refractivity (Wildman–Crippen MR) is 81.2 cm³/mol. The summed E-state index contributed by atoms with van der Waals surface area (Å²) in [5, 5.41) is 4.94. The average Bonchev–Trinajstić information content (AvgIpc) is 2.49. The average molecular weight is 319 g/mol. The van der Waals surface area contributed by atoms with Crippen molar-refractivity contribution in [3.05, 3.63) is 59.4 Å². The molecule has 0 aliphatic carbocycles. The van der Waals surface area contributed by atoms with Gasteiger partial charge in [-0.3, -0.25) is 9.59 Å². The topological polar surface area (TPSA) is 71.1 Å². The van der Waals surface area contributed by atoms with Crippen LogP contribution in [0.1, 0.15) is 34.8 Å². The van der Waals surface area contributed by atoms with E-state index in [9.17, 15) is 18.4 Å². The minimum Gasteiger partial charge on any atom is -0.349 e. The monoisotopic (exact) mass is 319 g/mol. The Morgan fingerprint density at radius 3 is 2.30 bits per heavy atom. The molecule has 0 bridgehead atoms. The van der Waals surface area contributed by atoms with Crippen molar-refractivity contribution in [2.75, 3.05) is 5.32 Å². The van der Waals surface area contributed by atoms with Gasteiger partial charge in [0.1, 0.15) is 23.0 Å². The second-order valence-corrected chi connectivity index (χ2v) is 5.11. The Balaban J connectivity index is 2.18. The summed E-state index contributed by atoms with van der Waals surface area (Å²) in [5.74, 6) is -2.75. The molecule has 5 nitrogen and oxygen atoms in total. The van der Waals surface area contributed by atoms with Gasteiger partial charge in [0.25, 0.3) is 11.8 Å². The Kier molecular flexibility index (Phi) is 5.00. The number of hydrogen-bond donors (Lipinski definition) is 2. The molecule has 7 heteroatoms. The molecule has 2 aromatic rings. The van der Waals surface area contributed by atoms with Gasteiger partial charge in [-0.1, -0.05) is 6.07 Å². The van der Waals surface area contributed by atoms with Crippen LogP contribution in [0.3, 0.4) is 0 Å². The molecule has 1 aromatic heterocycles. The van der Waals surface area contributed by atoms with E-state index >= 15 is 0 Å². The number of carbonyl (C=O) groups excluding carboxylic acids is 2. The zero-order chi connectivity index (χ0) is 17.0. The second kappa shape index (κ2) is 6.95. The highest BCUT2D eigenvalue weighted by atomic mass is 19.1. The molecule has 1 aromatic carbocycles. The van der Waals surface area contributed by atoms with Crippen molar-refractivity contribution in [3.63, 3.8) is 0 Å². The first-order valence-corrected chi connectivity index (χ1v) is 6.91. The van der Waals surface area contributed by atoms with E-state index in [-0.39, 0.29) is 23.1 Å². The van der Waals surface area contributed by atoms with E-state index < -0.39 is 23.4 Å². The number of aromatic nitrogens is 1. The minimum atomic E-state index is -0.896. The molecular formula is C16H15F2N3O2. The molecule has 0 radical (unpaired) electrons. The van der Waals surface area contributed by atoms with E-state index in [1.165, 1.54) is 18.2 Å². The number of nitrogens with zero attached hydrogens (tertiary/aromatic N) is 1. The van der Waals surface area contributed by atoms with E-state index in [4.69, 9.17) is 0 Å². The SMILES string of the molecule is CC(C)NC(=O)c1cccc(C(=O)Nc2ccc(F)cc2F)n1. The zero-order valence-electron chi connectivity index (χ0n) is 12.6. The Bertz CT molecular complexity index is 748. The fourth-order valence-corrected chi connectivity index (χ4v) is 1.80. The zero-order valence-corrected chi connectivity index (χ0v) is 12.6. The lowest BCUT2D eigenvalue weighted by Crippen LogP contribution is -2.31. The molecule has 0 spiro atoms. The van der Waals surface area contributed by atoms with Gasteiger partial charge in [-0.25, -0.2) is 13.8 Å². The maximum Gasteiger partial charge on any atom is 0.274 e. The molecule has 2 amide bonds. The number of pyridine rings is 1. The van der Waals surface area contributed by atoms with Gasteiger partial charge >= 0.3 is 0 Å². The molecule has 1 heterocycles. The highest BCUT2D eigenvalue weighted by Gasteiger charge is 2.14. The molecular weight excluding hydrogens is 304 g/mol. The van der Waals surface area contributed by atoms with Gasteiger partial charge in [-0.05, 0) is 38.1 Å². The lowest BCUT2D eigenvalue weighted by Gasteiger charge is -2.09. The molecule has 2 rings (SSSR count). The second-order valence-electron chi connectivity index (χ2n) is 5.11. The molecule has 23 heavy (non-hydrogen) atoms. The fourth-order valence-electron chi connectivity index (χ4n) is 1.80. The molecule has 0 saturated heterocycles. The fraction of sp³-hybridized carbons (Fsp3) is 0.188. The van der Waals surface area contributed by atoms with Crippen LogP contribution in [0.25, 0.3) is 0 Å². The maximum absolute atomic E-state index is 13.5. The van der Waals surface area contributed by atoms with Gasteiger partial charge in [0.15, 0.2) is 0 Å². The molecule has 2 N–H and O–H groups in total. The van der Waals surface area contributed by atoms with Crippen LogP contribution in [-0.2, 0) is 0 Å². The largest absolute Gasteiger partial charge is 0.349 e. The summed E-state index contributed by atoms with van der Waals surface area (Å²) in [5.41, 5.74) is -0.147. The summed E-state index contributed by atoms with van der Waals surface area (Å²) in [6, 6.07) is 7.08. The van der Waals surface area contributed by atoms with Crippen molar-refractivity contribution in [1.82, 2.24) is 10.3 Å². The van der Waals surface area contributed by atoms with E-state index in [1.54, 1.807) is 13.8 Å². The van der Waals surface area contributed by atoms with Crippen LogP contribution in [-0.4, -0.2) is 22.8 Å². The quantitative estimate of drug-likeness (QED) is 0.910. The van der Waals surface area contributed by atoms with Crippen LogP contribution < -0.4 is 10.6 Å². The number of carbonyl (C=O) groups is 2. The van der Waals surface area contributed by atoms with Crippen LogP contribution in [0.4, 0.5) is 14.5 Å². The number of halogens is 2. The third-order valence-electron chi connectivity index (χ3n) is 2.81. The van der Waals surface area contributed by atoms with Crippen molar-refractivity contribution in [1.29, 1.82) is 0 Å². The molecule has 0 aliphatic heterocycles. The predicted octanol–water partition coefficient (Wildman–Crippen LogP) is 2.75. The van der Waals surface area contributed by atoms with Crippen molar-refractivity contribution in [2.24, 2.45) is 0 Å². The Morgan fingerprint density at radius 1 is 1.04 bits per heavy atom. The van der Waals surface area contributed by atoms with Crippen molar-refractivity contribution >= 4 is 17.5 Å². The van der Waals surface area contributed by atoms with Crippen molar-refractivity contribution in [3.8, 4) is 0 Å². The van der Waals surface area contributed by atoms with Gasteiger partial charge in [-0.15, -0.1) is 0 Å². The van der Waals surface area contributed by atoms with Crippen LogP contribution in [0.2, 0.25) is 0 Å². The van der Waals surface area contributed by atoms with Crippen LogP contribution in [0.15, 0.2) is 36.4 Å². The molecule has 0 aliphatic rings. The van der Waals surface area contributed by atoms with Crippen LogP contribution in [0, 0.1) is 11.6 Å². The number of nitrogens with one attached hydrogen (secondary N) is 2. The molecule has 0 fully saturated rings. The first kappa shape index (κ1) is 16.5. The van der Waals surface area contributed by atoms with Crippen LogP contribution >= 0.6 is 0 Å². The van der Waals surface area contributed by atoms with Crippen molar-refractivity contribution < 1.29 is 18.4 Å². The summed E-state index contributed by atoms with van der Waals surface area (Å²) in [7, 11) is 0. The Morgan fingerprint density at radius 2 is 1.70 bits per heavy atom. The molecule has 0 atom stereocenters. The van der Waals surface area contributed by atoms with E-state index in [1.807, 2.05) is 0 Å². The Hall–Kier alpha value is -2.83. The Labute approximate surface area is 131 Å². The first-order valence-electron chi connectivity index (χ1n) is 6.91. The van der Waals surface area contributed by atoms with Gasteiger partial charge < -0.3 is 10.6 Å². The van der Waals surface area contributed by atoms with E-state index in [2.05, 4.69) is 15.6 Å². The highest BCUT2D eigenvalue weighted by molar-refractivity contribution is 6.03. The van der Waals surface area contributed by atoms with E-state index in [0.29, 0.717) is 6.07 Å². The third kappa shape index (κ3) is 4.32. The molecule has 0 saturated carbocycles. The summed E-state index contributed by atoms with van der Waals surface area (Å²) in [6.07, 6.45) is 0. The molecule has 0 unspecified atom stereocenters. The van der Waals surface area contributed by atoms with Gasteiger partial charge in [-0.2, -0.15) is 0 Å².